The molecule has 0 atom stereocenters. The lowest BCUT2D eigenvalue weighted by molar-refractivity contribution is -0.136. The number of carbonyl (C=O) groups is 2. The predicted octanol–water partition coefficient (Wildman–Crippen LogP) is 1.51. The highest BCUT2D eigenvalue weighted by Gasteiger charge is 2.06. The van der Waals surface area contributed by atoms with Crippen LogP contribution in [0.4, 0.5) is 4.39 Å². The summed E-state index contributed by atoms with van der Waals surface area (Å²) in [7, 11) is 0. The summed E-state index contributed by atoms with van der Waals surface area (Å²) in [5.74, 6) is -1.57. The van der Waals surface area contributed by atoms with Gasteiger partial charge in [-0.2, -0.15) is 0 Å². The molecule has 0 aliphatic heterocycles. The molecule has 1 aromatic rings. The van der Waals surface area contributed by atoms with Gasteiger partial charge in [0.2, 0.25) is 5.91 Å². The number of nitrogens with one attached hydrogen (secondary N) is 1. The lowest BCUT2D eigenvalue weighted by Gasteiger charge is -2.04. The summed E-state index contributed by atoms with van der Waals surface area (Å²) >= 11 is 1.08. The fraction of sp³-hybridized carbons (Fsp3) is 0.273. The first-order chi connectivity index (χ1) is 8.09. The first-order valence-corrected chi connectivity index (χ1v) is 5.94. The molecule has 0 aliphatic rings. The van der Waals surface area contributed by atoms with E-state index in [1.54, 1.807) is 18.2 Å². The molecule has 0 fully saturated rings. The molecule has 0 aromatic heterocycles. The normalized spacial score (nSPS) is 9.94. The zero-order chi connectivity index (χ0) is 12.7. The van der Waals surface area contributed by atoms with Gasteiger partial charge in [0.1, 0.15) is 5.82 Å². The summed E-state index contributed by atoms with van der Waals surface area (Å²) in [6, 6.07) is 6.18. The van der Waals surface area contributed by atoms with Gasteiger partial charge in [-0.25, -0.2) is 4.39 Å². The Morgan fingerprint density at radius 3 is 2.71 bits per heavy atom. The van der Waals surface area contributed by atoms with Crippen molar-refractivity contribution in [3.05, 3.63) is 30.1 Å². The van der Waals surface area contributed by atoms with E-state index in [1.165, 1.54) is 6.07 Å². The molecule has 17 heavy (non-hydrogen) atoms. The standard InChI is InChI=1S/C11H12FNO3S/c12-8-3-1-2-4-9(8)17-7-10(14)13-6-5-11(15)16/h1-4H,5-7H2,(H,13,14)(H,15,16). The van der Waals surface area contributed by atoms with Crippen LogP contribution < -0.4 is 5.32 Å². The van der Waals surface area contributed by atoms with Crippen molar-refractivity contribution >= 4 is 23.6 Å². The summed E-state index contributed by atoms with van der Waals surface area (Å²) in [5, 5.41) is 10.8. The van der Waals surface area contributed by atoms with Crippen molar-refractivity contribution in [1.82, 2.24) is 5.32 Å². The fourth-order valence-electron chi connectivity index (χ4n) is 1.06. The van der Waals surface area contributed by atoms with E-state index in [-0.39, 0.29) is 30.4 Å². The molecule has 0 saturated carbocycles. The van der Waals surface area contributed by atoms with Crippen LogP contribution in [0.15, 0.2) is 29.2 Å². The molecule has 92 valence electrons. The van der Waals surface area contributed by atoms with Gasteiger partial charge in [-0.1, -0.05) is 12.1 Å². The Labute approximate surface area is 102 Å². The predicted molar refractivity (Wildman–Crippen MR) is 62.4 cm³/mol. The second kappa shape index (κ2) is 6.90. The summed E-state index contributed by atoms with van der Waals surface area (Å²) in [6.07, 6.45) is -0.115. The molecule has 0 bridgehead atoms. The van der Waals surface area contributed by atoms with Crippen LogP contribution in [0, 0.1) is 5.82 Å². The Kier molecular flexibility index (Phi) is 5.48. The average molecular weight is 257 g/mol. The molecular weight excluding hydrogens is 245 g/mol. The van der Waals surface area contributed by atoms with Crippen LogP contribution in [0.25, 0.3) is 0 Å². The van der Waals surface area contributed by atoms with E-state index in [0.717, 1.165) is 11.8 Å². The fourth-order valence-corrected chi connectivity index (χ4v) is 1.83. The van der Waals surface area contributed by atoms with Crippen LogP contribution in [0.5, 0.6) is 0 Å². The number of hydrogen-bond donors (Lipinski definition) is 2. The lowest BCUT2D eigenvalue weighted by Crippen LogP contribution is -2.27. The highest BCUT2D eigenvalue weighted by Crippen LogP contribution is 2.20. The molecule has 0 radical (unpaired) electrons. The highest BCUT2D eigenvalue weighted by atomic mass is 32.2. The van der Waals surface area contributed by atoms with E-state index in [0.29, 0.717) is 4.90 Å². The molecule has 0 saturated heterocycles. The van der Waals surface area contributed by atoms with Gasteiger partial charge in [0.25, 0.3) is 0 Å². The van der Waals surface area contributed by atoms with Gasteiger partial charge in [0.05, 0.1) is 12.2 Å². The van der Waals surface area contributed by atoms with E-state index in [2.05, 4.69) is 5.32 Å². The first-order valence-electron chi connectivity index (χ1n) is 4.95. The van der Waals surface area contributed by atoms with Crippen LogP contribution >= 0.6 is 11.8 Å². The van der Waals surface area contributed by atoms with E-state index in [4.69, 9.17) is 5.11 Å². The van der Waals surface area contributed by atoms with Crippen molar-refractivity contribution in [1.29, 1.82) is 0 Å². The highest BCUT2D eigenvalue weighted by molar-refractivity contribution is 8.00. The number of halogens is 1. The van der Waals surface area contributed by atoms with Gasteiger partial charge in [-0.3, -0.25) is 9.59 Å². The molecular formula is C11H12FNO3S. The van der Waals surface area contributed by atoms with Crippen molar-refractivity contribution in [3.63, 3.8) is 0 Å². The minimum Gasteiger partial charge on any atom is -0.481 e. The Balaban J connectivity index is 2.29. The maximum atomic E-state index is 13.2. The molecule has 0 spiro atoms. The second-order valence-electron chi connectivity index (χ2n) is 3.21. The van der Waals surface area contributed by atoms with Gasteiger partial charge in [-0.15, -0.1) is 11.8 Å². The maximum absolute atomic E-state index is 13.2. The second-order valence-corrected chi connectivity index (χ2v) is 4.23. The van der Waals surface area contributed by atoms with Crippen molar-refractivity contribution in [2.45, 2.75) is 11.3 Å². The van der Waals surface area contributed by atoms with Crippen molar-refractivity contribution in [2.24, 2.45) is 0 Å². The smallest absolute Gasteiger partial charge is 0.305 e. The molecule has 6 heteroatoms. The number of carboxylic acid groups (broad SMARTS) is 1. The quantitative estimate of drug-likeness (QED) is 0.758. The number of aliphatic carboxylic acids is 1. The number of thioether (sulfide) groups is 1. The number of hydrogen-bond acceptors (Lipinski definition) is 3. The molecule has 1 amide bonds. The topological polar surface area (TPSA) is 66.4 Å². The van der Waals surface area contributed by atoms with E-state index < -0.39 is 5.97 Å². The Hall–Kier alpha value is -1.56. The van der Waals surface area contributed by atoms with Gasteiger partial charge < -0.3 is 10.4 Å². The molecule has 4 nitrogen and oxygen atoms in total. The zero-order valence-electron chi connectivity index (χ0n) is 8.98. The van der Waals surface area contributed by atoms with Gasteiger partial charge >= 0.3 is 5.97 Å². The lowest BCUT2D eigenvalue weighted by atomic mass is 10.3. The summed E-state index contributed by atoms with van der Waals surface area (Å²) in [5.41, 5.74) is 0. The van der Waals surface area contributed by atoms with E-state index in [9.17, 15) is 14.0 Å². The number of carbonyl (C=O) groups excluding carboxylic acids is 1. The van der Waals surface area contributed by atoms with Crippen molar-refractivity contribution < 1.29 is 19.1 Å². The van der Waals surface area contributed by atoms with Crippen molar-refractivity contribution in [2.75, 3.05) is 12.3 Å². The largest absolute Gasteiger partial charge is 0.481 e. The molecule has 0 unspecified atom stereocenters. The Morgan fingerprint density at radius 2 is 2.06 bits per heavy atom. The molecule has 0 heterocycles. The summed E-state index contributed by atoms with van der Waals surface area (Å²) in [6.45, 7) is 0.0893. The Morgan fingerprint density at radius 1 is 1.35 bits per heavy atom. The van der Waals surface area contributed by atoms with Crippen LogP contribution in [-0.4, -0.2) is 29.3 Å². The number of amides is 1. The number of carboxylic acids is 1. The van der Waals surface area contributed by atoms with Crippen LogP contribution in [0.3, 0.4) is 0 Å². The third-order valence-corrected chi connectivity index (χ3v) is 2.91. The van der Waals surface area contributed by atoms with Crippen LogP contribution in [-0.2, 0) is 9.59 Å². The first kappa shape index (κ1) is 13.5. The van der Waals surface area contributed by atoms with Crippen molar-refractivity contribution in [3.8, 4) is 0 Å². The monoisotopic (exact) mass is 257 g/mol. The minimum absolute atomic E-state index is 0.0700. The third kappa shape index (κ3) is 5.35. The molecule has 1 rings (SSSR count). The summed E-state index contributed by atoms with van der Waals surface area (Å²) in [4.78, 5) is 21.9. The zero-order valence-corrected chi connectivity index (χ0v) is 9.80. The van der Waals surface area contributed by atoms with Gasteiger partial charge in [-0.05, 0) is 12.1 Å². The third-order valence-electron chi connectivity index (χ3n) is 1.86. The molecule has 0 aliphatic carbocycles. The van der Waals surface area contributed by atoms with Crippen LogP contribution in [0.1, 0.15) is 6.42 Å². The minimum atomic E-state index is -0.966. The molecule has 2 N–H and O–H groups in total. The van der Waals surface area contributed by atoms with E-state index in [1.807, 2.05) is 0 Å². The number of benzene rings is 1. The Bertz CT molecular complexity index is 411. The number of rotatable bonds is 6. The van der Waals surface area contributed by atoms with Gasteiger partial charge in [0.15, 0.2) is 0 Å². The van der Waals surface area contributed by atoms with Crippen LogP contribution in [0.2, 0.25) is 0 Å². The maximum Gasteiger partial charge on any atom is 0.305 e. The SMILES string of the molecule is O=C(O)CCNC(=O)CSc1ccccc1F. The molecule has 1 aromatic carbocycles. The summed E-state index contributed by atoms with van der Waals surface area (Å²) < 4.78 is 13.2. The van der Waals surface area contributed by atoms with E-state index >= 15 is 0 Å². The van der Waals surface area contributed by atoms with Gasteiger partial charge in [0, 0.05) is 11.4 Å². The average Bonchev–Trinajstić information content (AvgIpc) is 2.27.